The molecule has 0 aliphatic heterocycles. The molecule has 1 nitrogen and oxygen atoms in total. The molecule has 0 aliphatic carbocycles. The third-order valence-corrected chi connectivity index (χ3v) is 2.55. The molecular weight excluding hydrogens is 154 g/mol. The molecule has 1 atom stereocenters. The fourth-order valence-corrected chi connectivity index (χ4v) is 1.80. The van der Waals surface area contributed by atoms with E-state index in [0.717, 1.165) is 0 Å². The Hall–Kier alpha value is -0.370. The van der Waals surface area contributed by atoms with E-state index in [2.05, 4.69) is 24.2 Å². The lowest BCUT2D eigenvalue weighted by Gasteiger charge is -2.05. The van der Waals surface area contributed by atoms with Gasteiger partial charge in [-0.25, -0.2) is 4.98 Å². The summed E-state index contributed by atoms with van der Waals surface area (Å²) in [5.74, 6) is 0.654. The van der Waals surface area contributed by atoms with Gasteiger partial charge in [-0.15, -0.1) is 11.3 Å². The van der Waals surface area contributed by atoms with E-state index < -0.39 is 0 Å². The van der Waals surface area contributed by atoms with Crippen molar-refractivity contribution in [2.45, 2.75) is 39.0 Å². The van der Waals surface area contributed by atoms with Crippen LogP contribution in [0, 0.1) is 0 Å². The number of thiazole rings is 1. The Kier molecular flexibility index (Phi) is 3.57. The third kappa shape index (κ3) is 2.62. The molecule has 62 valence electrons. The first-order chi connectivity index (χ1) is 5.34. The van der Waals surface area contributed by atoms with E-state index in [1.54, 1.807) is 11.3 Å². The monoisotopic (exact) mass is 169 g/mol. The lowest BCUT2D eigenvalue weighted by atomic mass is 10.0. The second-order valence-corrected chi connectivity index (χ2v) is 3.68. The Balaban J connectivity index is 2.36. The summed E-state index contributed by atoms with van der Waals surface area (Å²) in [6.07, 6.45) is 3.88. The van der Waals surface area contributed by atoms with Gasteiger partial charge in [-0.05, 0) is 12.3 Å². The molecule has 11 heavy (non-hydrogen) atoms. The molecule has 0 fully saturated rings. The van der Waals surface area contributed by atoms with Crippen molar-refractivity contribution in [3.05, 3.63) is 16.6 Å². The fraction of sp³-hybridized carbons (Fsp3) is 0.667. The van der Waals surface area contributed by atoms with Gasteiger partial charge in [0.1, 0.15) is 0 Å². The summed E-state index contributed by atoms with van der Waals surface area (Å²) in [4.78, 5) is 4.29. The summed E-state index contributed by atoms with van der Waals surface area (Å²) in [5.41, 5.74) is 3.18. The molecule has 1 unspecified atom stereocenters. The van der Waals surface area contributed by atoms with Crippen LogP contribution in [0.5, 0.6) is 0 Å². The molecular formula is C9H15NS. The predicted octanol–water partition coefficient (Wildman–Crippen LogP) is 3.44. The molecule has 0 saturated heterocycles. The molecule has 0 bridgehead atoms. The number of hydrogen-bond donors (Lipinski definition) is 0. The van der Waals surface area contributed by atoms with E-state index >= 15 is 0 Å². The second kappa shape index (κ2) is 4.50. The van der Waals surface area contributed by atoms with Crippen LogP contribution < -0.4 is 0 Å². The predicted molar refractivity (Wildman–Crippen MR) is 50.1 cm³/mol. The Morgan fingerprint density at radius 1 is 1.64 bits per heavy atom. The van der Waals surface area contributed by atoms with Crippen LogP contribution in [-0.2, 0) is 0 Å². The first kappa shape index (κ1) is 8.72. The molecule has 1 rings (SSSR count). The highest BCUT2D eigenvalue weighted by Gasteiger charge is 2.05. The summed E-state index contributed by atoms with van der Waals surface area (Å²) in [6.45, 7) is 4.48. The summed E-state index contributed by atoms with van der Waals surface area (Å²) in [7, 11) is 0. The molecule has 0 aromatic carbocycles. The van der Waals surface area contributed by atoms with Crippen LogP contribution in [0.1, 0.15) is 44.7 Å². The summed E-state index contributed by atoms with van der Waals surface area (Å²) in [5, 5.41) is 2.15. The maximum atomic E-state index is 4.29. The zero-order chi connectivity index (χ0) is 8.10. The Morgan fingerprint density at radius 2 is 2.45 bits per heavy atom. The van der Waals surface area contributed by atoms with Crippen molar-refractivity contribution in [3.63, 3.8) is 0 Å². The molecule has 0 N–H and O–H groups in total. The van der Waals surface area contributed by atoms with Gasteiger partial charge >= 0.3 is 0 Å². The molecule has 0 aliphatic rings. The molecule has 0 spiro atoms. The second-order valence-electron chi connectivity index (χ2n) is 2.96. The normalized spacial score (nSPS) is 13.3. The Bertz CT molecular complexity index is 181. The van der Waals surface area contributed by atoms with Gasteiger partial charge in [-0.1, -0.05) is 26.7 Å². The van der Waals surface area contributed by atoms with Gasteiger partial charge in [0.25, 0.3) is 0 Å². The highest BCUT2D eigenvalue weighted by Crippen LogP contribution is 2.20. The zero-order valence-corrected chi connectivity index (χ0v) is 8.03. The van der Waals surface area contributed by atoms with Crippen LogP contribution in [0.25, 0.3) is 0 Å². The highest BCUT2D eigenvalue weighted by molar-refractivity contribution is 7.07. The number of hydrogen-bond acceptors (Lipinski definition) is 2. The number of nitrogens with zero attached hydrogens (tertiary/aromatic N) is 1. The first-order valence-corrected chi connectivity index (χ1v) is 5.17. The molecule has 1 aromatic rings. The molecule has 0 saturated carbocycles. The van der Waals surface area contributed by atoms with Crippen molar-refractivity contribution >= 4 is 11.3 Å². The lowest BCUT2D eigenvalue weighted by Crippen LogP contribution is -1.92. The van der Waals surface area contributed by atoms with E-state index in [1.807, 2.05) is 5.51 Å². The van der Waals surface area contributed by atoms with Crippen molar-refractivity contribution in [1.82, 2.24) is 4.98 Å². The van der Waals surface area contributed by atoms with Gasteiger partial charge in [0.15, 0.2) is 0 Å². The molecule has 1 aromatic heterocycles. The molecule has 0 radical (unpaired) electrons. The van der Waals surface area contributed by atoms with Crippen LogP contribution in [0.2, 0.25) is 0 Å². The zero-order valence-electron chi connectivity index (χ0n) is 7.21. The number of rotatable bonds is 4. The van der Waals surface area contributed by atoms with Gasteiger partial charge in [-0.3, -0.25) is 0 Å². The van der Waals surface area contributed by atoms with E-state index in [9.17, 15) is 0 Å². The van der Waals surface area contributed by atoms with Crippen LogP contribution in [0.15, 0.2) is 10.9 Å². The van der Waals surface area contributed by atoms with E-state index in [0.29, 0.717) is 5.92 Å². The molecule has 2 heteroatoms. The largest absolute Gasteiger partial charge is 0.249 e. The van der Waals surface area contributed by atoms with E-state index in [1.165, 1.54) is 25.0 Å². The third-order valence-electron chi connectivity index (χ3n) is 1.95. The van der Waals surface area contributed by atoms with Crippen molar-refractivity contribution in [3.8, 4) is 0 Å². The fourth-order valence-electron chi connectivity index (χ4n) is 1.12. The lowest BCUT2D eigenvalue weighted by molar-refractivity contribution is 0.614. The van der Waals surface area contributed by atoms with Crippen molar-refractivity contribution in [2.24, 2.45) is 0 Å². The van der Waals surface area contributed by atoms with Crippen molar-refractivity contribution in [2.75, 3.05) is 0 Å². The minimum atomic E-state index is 0.654. The highest BCUT2D eigenvalue weighted by atomic mass is 32.1. The average molecular weight is 169 g/mol. The van der Waals surface area contributed by atoms with Crippen LogP contribution in [0.3, 0.4) is 0 Å². The van der Waals surface area contributed by atoms with Crippen LogP contribution >= 0.6 is 11.3 Å². The van der Waals surface area contributed by atoms with Crippen molar-refractivity contribution < 1.29 is 0 Å². The van der Waals surface area contributed by atoms with Gasteiger partial charge < -0.3 is 0 Å². The number of unbranched alkanes of at least 4 members (excludes halogenated alkanes) is 1. The van der Waals surface area contributed by atoms with Crippen molar-refractivity contribution in [1.29, 1.82) is 0 Å². The smallest absolute Gasteiger partial charge is 0.0794 e. The maximum absolute atomic E-state index is 4.29. The van der Waals surface area contributed by atoms with Gasteiger partial charge in [0, 0.05) is 5.38 Å². The maximum Gasteiger partial charge on any atom is 0.0794 e. The standard InChI is InChI=1S/C9H15NS/c1-3-4-5-8(2)9-6-11-7-10-9/h6-8H,3-5H2,1-2H3. The van der Waals surface area contributed by atoms with E-state index in [-0.39, 0.29) is 0 Å². The Morgan fingerprint density at radius 3 is 3.00 bits per heavy atom. The Labute approximate surface area is 72.5 Å². The summed E-state index contributed by atoms with van der Waals surface area (Å²) < 4.78 is 0. The minimum absolute atomic E-state index is 0.654. The summed E-state index contributed by atoms with van der Waals surface area (Å²) in [6, 6.07) is 0. The topological polar surface area (TPSA) is 12.9 Å². The number of aromatic nitrogens is 1. The van der Waals surface area contributed by atoms with Gasteiger partial charge in [0.05, 0.1) is 11.2 Å². The quantitative estimate of drug-likeness (QED) is 0.673. The van der Waals surface area contributed by atoms with Crippen LogP contribution in [-0.4, -0.2) is 4.98 Å². The molecule has 1 heterocycles. The average Bonchev–Trinajstić information content (AvgIpc) is 2.52. The van der Waals surface area contributed by atoms with E-state index in [4.69, 9.17) is 0 Å². The van der Waals surface area contributed by atoms with Gasteiger partial charge in [-0.2, -0.15) is 0 Å². The minimum Gasteiger partial charge on any atom is -0.249 e. The first-order valence-electron chi connectivity index (χ1n) is 4.22. The van der Waals surface area contributed by atoms with Crippen LogP contribution in [0.4, 0.5) is 0 Å². The molecule has 0 amide bonds. The SMILES string of the molecule is CCCCC(C)c1cscn1. The summed E-state index contributed by atoms with van der Waals surface area (Å²) >= 11 is 1.69. The van der Waals surface area contributed by atoms with Gasteiger partial charge in [0.2, 0.25) is 0 Å².